The van der Waals surface area contributed by atoms with Gasteiger partial charge in [0, 0.05) is 27.9 Å². The van der Waals surface area contributed by atoms with Crippen LogP contribution in [-0.4, -0.2) is 4.98 Å². The molecule has 1 nitrogen and oxygen atoms in total. The molecule has 0 aliphatic carbocycles. The number of H-pyrrole nitrogens is 1. The van der Waals surface area contributed by atoms with Gasteiger partial charge in [0.1, 0.15) is 0 Å². The topological polar surface area (TPSA) is 15.8 Å². The lowest BCUT2D eigenvalue weighted by molar-refractivity contribution is 1.41. The second-order valence-corrected chi connectivity index (χ2v) is 3.41. The molecule has 0 radical (unpaired) electrons. The molecular formula is C9H8ClNS. The Bertz CT molecular complexity index is 408. The van der Waals surface area contributed by atoms with Crippen LogP contribution in [0, 0.1) is 0 Å². The molecule has 3 heteroatoms. The minimum atomic E-state index is 0.752. The van der Waals surface area contributed by atoms with Crippen molar-refractivity contribution in [2.24, 2.45) is 0 Å². The van der Waals surface area contributed by atoms with E-state index in [0.29, 0.717) is 0 Å². The Labute approximate surface area is 81.1 Å². The summed E-state index contributed by atoms with van der Waals surface area (Å²) in [5.74, 6) is 0.752. The molecule has 1 aromatic carbocycles. The molecular weight excluding hydrogens is 190 g/mol. The second kappa shape index (κ2) is 3.04. The van der Waals surface area contributed by atoms with Crippen molar-refractivity contribution in [1.29, 1.82) is 0 Å². The van der Waals surface area contributed by atoms with Gasteiger partial charge in [-0.2, -0.15) is 12.6 Å². The normalized spacial score (nSPS) is 10.8. The van der Waals surface area contributed by atoms with Crippen LogP contribution in [0.4, 0.5) is 0 Å². The Morgan fingerprint density at radius 2 is 2.25 bits per heavy atom. The zero-order chi connectivity index (χ0) is 8.55. The molecule has 0 atom stereocenters. The Kier molecular flexibility index (Phi) is 2.03. The SMILES string of the molecule is SCc1c[nH]c2cc(Cl)ccc12. The maximum Gasteiger partial charge on any atom is 0.0472 e. The fraction of sp³-hybridized carbons (Fsp3) is 0.111. The first-order valence-electron chi connectivity index (χ1n) is 3.67. The summed E-state index contributed by atoms with van der Waals surface area (Å²) in [5, 5.41) is 1.96. The third kappa shape index (κ3) is 1.21. The van der Waals surface area contributed by atoms with Crippen LogP contribution in [-0.2, 0) is 5.75 Å². The fourth-order valence-corrected chi connectivity index (χ4v) is 1.72. The molecule has 0 fully saturated rings. The van der Waals surface area contributed by atoms with Gasteiger partial charge in [-0.3, -0.25) is 0 Å². The van der Waals surface area contributed by atoms with Crippen LogP contribution in [0.3, 0.4) is 0 Å². The number of hydrogen-bond acceptors (Lipinski definition) is 1. The fourth-order valence-electron chi connectivity index (χ4n) is 1.29. The molecule has 2 rings (SSSR count). The van der Waals surface area contributed by atoms with Gasteiger partial charge < -0.3 is 4.98 Å². The monoisotopic (exact) mass is 197 g/mol. The molecule has 0 amide bonds. The number of aromatic amines is 1. The third-order valence-corrected chi connectivity index (χ3v) is 2.48. The standard InChI is InChI=1S/C9H8ClNS/c10-7-1-2-8-6(5-12)4-11-9(8)3-7/h1-4,11-12H,5H2. The maximum absolute atomic E-state index is 5.83. The average molecular weight is 198 g/mol. The molecule has 62 valence electrons. The lowest BCUT2D eigenvalue weighted by Gasteiger charge is -1.93. The minimum absolute atomic E-state index is 0.752. The lowest BCUT2D eigenvalue weighted by atomic mass is 10.2. The molecule has 12 heavy (non-hydrogen) atoms. The van der Waals surface area contributed by atoms with Crippen LogP contribution in [0.2, 0.25) is 5.02 Å². The number of benzene rings is 1. The summed E-state index contributed by atoms with van der Waals surface area (Å²) in [7, 11) is 0. The van der Waals surface area contributed by atoms with Gasteiger partial charge in [-0.1, -0.05) is 17.7 Å². The van der Waals surface area contributed by atoms with E-state index in [1.807, 2.05) is 24.4 Å². The number of aromatic nitrogens is 1. The Morgan fingerprint density at radius 3 is 3.00 bits per heavy atom. The smallest absolute Gasteiger partial charge is 0.0472 e. The highest BCUT2D eigenvalue weighted by molar-refractivity contribution is 7.79. The number of nitrogens with one attached hydrogen (secondary N) is 1. The van der Waals surface area contributed by atoms with Gasteiger partial charge in [-0.05, 0) is 17.7 Å². The highest BCUT2D eigenvalue weighted by Gasteiger charge is 2.01. The quantitative estimate of drug-likeness (QED) is 0.653. The summed E-state index contributed by atoms with van der Waals surface area (Å²) in [4.78, 5) is 3.15. The molecule has 2 aromatic rings. The molecule has 1 heterocycles. The molecule has 0 saturated carbocycles. The van der Waals surface area contributed by atoms with Gasteiger partial charge >= 0.3 is 0 Å². The summed E-state index contributed by atoms with van der Waals surface area (Å²) in [5.41, 5.74) is 2.29. The molecule has 1 N–H and O–H groups in total. The molecule has 1 aromatic heterocycles. The van der Waals surface area contributed by atoms with E-state index in [1.54, 1.807) is 0 Å². The lowest BCUT2D eigenvalue weighted by Crippen LogP contribution is -1.72. The number of hydrogen-bond donors (Lipinski definition) is 2. The zero-order valence-corrected chi connectivity index (χ0v) is 7.99. The highest BCUT2D eigenvalue weighted by Crippen LogP contribution is 2.22. The van der Waals surface area contributed by atoms with Crippen molar-refractivity contribution in [3.8, 4) is 0 Å². The van der Waals surface area contributed by atoms with Crippen LogP contribution in [0.1, 0.15) is 5.56 Å². The Hall–Kier alpha value is -0.600. The first-order valence-corrected chi connectivity index (χ1v) is 4.68. The number of halogens is 1. The van der Waals surface area contributed by atoms with Crippen LogP contribution < -0.4 is 0 Å². The van der Waals surface area contributed by atoms with Crippen molar-refractivity contribution in [1.82, 2.24) is 4.98 Å². The Balaban J connectivity index is 2.73. The van der Waals surface area contributed by atoms with Crippen molar-refractivity contribution in [3.05, 3.63) is 35.0 Å². The van der Waals surface area contributed by atoms with Crippen LogP contribution in [0.15, 0.2) is 24.4 Å². The van der Waals surface area contributed by atoms with Gasteiger partial charge in [-0.25, -0.2) is 0 Å². The van der Waals surface area contributed by atoms with Gasteiger partial charge in [0.15, 0.2) is 0 Å². The molecule has 0 saturated heterocycles. The summed E-state index contributed by atoms with van der Waals surface area (Å²) in [6.45, 7) is 0. The van der Waals surface area contributed by atoms with Crippen LogP contribution in [0.5, 0.6) is 0 Å². The van der Waals surface area contributed by atoms with Gasteiger partial charge in [0.2, 0.25) is 0 Å². The van der Waals surface area contributed by atoms with Crippen molar-refractivity contribution in [2.45, 2.75) is 5.75 Å². The molecule has 0 unspecified atom stereocenters. The van der Waals surface area contributed by atoms with E-state index in [0.717, 1.165) is 16.3 Å². The van der Waals surface area contributed by atoms with Crippen molar-refractivity contribution < 1.29 is 0 Å². The largest absolute Gasteiger partial charge is 0.361 e. The van der Waals surface area contributed by atoms with Crippen LogP contribution in [0.25, 0.3) is 10.9 Å². The number of rotatable bonds is 1. The van der Waals surface area contributed by atoms with Crippen molar-refractivity contribution in [2.75, 3.05) is 0 Å². The van der Waals surface area contributed by atoms with Gasteiger partial charge in [0.25, 0.3) is 0 Å². The van der Waals surface area contributed by atoms with E-state index in [2.05, 4.69) is 17.6 Å². The minimum Gasteiger partial charge on any atom is -0.361 e. The summed E-state index contributed by atoms with van der Waals surface area (Å²) in [6, 6.07) is 5.83. The zero-order valence-electron chi connectivity index (χ0n) is 6.34. The maximum atomic E-state index is 5.83. The van der Waals surface area contributed by atoms with E-state index >= 15 is 0 Å². The first kappa shape index (κ1) is 8.02. The number of thiol groups is 1. The molecule has 0 aliphatic rings. The van der Waals surface area contributed by atoms with E-state index in [-0.39, 0.29) is 0 Å². The summed E-state index contributed by atoms with van der Waals surface area (Å²) >= 11 is 10.1. The highest BCUT2D eigenvalue weighted by atomic mass is 35.5. The predicted octanol–water partition coefficient (Wildman–Crippen LogP) is 3.25. The van der Waals surface area contributed by atoms with E-state index in [4.69, 9.17) is 11.6 Å². The Morgan fingerprint density at radius 1 is 1.42 bits per heavy atom. The van der Waals surface area contributed by atoms with Crippen molar-refractivity contribution >= 4 is 35.1 Å². The van der Waals surface area contributed by atoms with E-state index in [1.165, 1.54) is 10.9 Å². The third-order valence-electron chi connectivity index (χ3n) is 1.90. The van der Waals surface area contributed by atoms with E-state index < -0.39 is 0 Å². The second-order valence-electron chi connectivity index (χ2n) is 2.66. The summed E-state index contributed by atoms with van der Waals surface area (Å²) < 4.78 is 0. The molecule has 0 bridgehead atoms. The van der Waals surface area contributed by atoms with Crippen LogP contribution >= 0.6 is 24.2 Å². The number of fused-ring (bicyclic) bond motifs is 1. The van der Waals surface area contributed by atoms with Gasteiger partial charge in [-0.15, -0.1) is 0 Å². The average Bonchev–Trinajstić information content (AvgIpc) is 2.46. The van der Waals surface area contributed by atoms with Crippen molar-refractivity contribution in [3.63, 3.8) is 0 Å². The predicted molar refractivity (Wildman–Crippen MR) is 56.0 cm³/mol. The molecule has 0 spiro atoms. The van der Waals surface area contributed by atoms with E-state index in [9.17, 15) is 0 Å². The van der Waals surface area contributed by atoms with Gasteiger partial charge in [0.05, 0.1) is 0 Å². The summed E-state index contributed by atoms with van der Waals surface area (Å²) in [6.07, 6.45) is 1.97. The first-order chi connectivity index (χ1) is 5.81. The molecule has 0 aliphatic heterocycles.